The van der Waals surface area contributed by atoms with E-state index in [1.807, 2.05) is 27.8 Å². The van der Waals surface area contributed by atoms with Crippen LogP contribution in [0.4, 0.5) is 0 Å². The van der Waals surface area contributed by atoms with Crippen molar-refractivity contribution >= 4 is 5.97 Å². The summed E-state index contributed by atoms with van der Waals surface area (Å²) >= 11 is 0. The minimum atomic E-state index is -0.547. The molecule has 2 heterocycles. The lowest BCUT2D eigenvalue weighted by molar-refractivity contribution is -0.157. The third-order valence-corrected chi connectivity index (χ3v) is 5.82. The Morgan fingerprint density at radius 3 is 2.07 bits per heavy atom. The normalized spacial score (nSPS) is 15.7. The number of rotatable bonds is 5. The summed E-state index contributed by atoms with van der Waals surface area (Å²) in [4.78, 5) is 14.7. The number of aryl methyl sites for hydroxylation is 1. The molecule has 0 N–H and O–H groups in total. The van der Waals surface area contributed by atoms with Crippen LogP contribution in [0.1, 0.15) is 23.7 Å². The van der Waals surface area contributed by atoms with Gasteiger partial charge < -0.3 is 14.2 Å². The van der Waals surface area contributed by atoms with Crippen molar-refractivity contribution in [1.29, 1.82) is 0 Å². The molecular formula is C24H26N2O3. The van der Waals surface area contributed by atoms with Gasteiger partial charge in [-0.25, -0.2) is 0 Å². The van der Waals surface area contributed by atoms with E-state index in [2.05, 4.69) is 58.6 Å². The van der Waals surface area contributed by atoms with E-state index >= 15 is 0 Å². The molecule has 0 radical (unpaired) electrons. The topological polar surface area (TPSA) is 55.6 Å². The van der Waals surface area contributed by atoms with Crippen LogP contribution < -0.4 is 0 Å². The van der Waals surface area contributed by atoms with Gasteiger partial charge in [0.1, 0.15) is 5.41 Å². The van der Waals surface area contributed by atoms with Crippen LogP contribution in [0.2, 0.25) is 0 Å². The van der Waals surface area contributed by atoms with Crippen LogP contribution in [0, 0.1) is 13.8 Å². The highest BCUT2D eigenvalue weighted by molar-refractivity contribution is 5.85. The van der Waals surface area contributed by atoms with Crippen molar-refractivity contribution in [2.75, 3.05) is 26.7 Å². The molecule has 0 atom stereocenters. The van der Waals surface area contributed by atoms with Crippen molar-refractivity contribution < 1.29 is 14.1 Å². The predicted molar refractivity (Wildman–Crippen MR) is 113 cm³/mol. The van der Waals surface area contributed by atoms with Crippen molar-refractivity contribution in [1.82, 2.24) is 10.1 Å². The van der Waals surface area contributed by atoms with Gasteiger partial charge >= 0.3 is 5.97 Å². The molecule has 0 saturated carbocycles. The monoisotopic (exact) mass is 390 g/mol. The Kier molecular flexibility index (Phi) is 5.01. The highest BCUT2D eigenvalue weighted by Gasteiger charge is 2.50. The minimum Gasteiger partial charge on any atom is -0.465 e. The number of ether oxygens (including phenoxy) is 1. The Morgan fingerprint density at radius 1 is 1.03 bits per heavy atom. The number of likely N-dealkylation sites (tertiary alicyclic amines) is 1. The highest BCUT2D eigenvalue weighted by Crippen LogP contribution is 2.36. The van der Waals surface area contributed by atoms with E-state index < -0.39 is 5.41 Å². The first-order chi connectivity index (χ1) is 13.9. The number of benzene rings is 2. The SMILES string of the molecule is CCOC(=O)C1(c2ccc(-c3ccc(-c4onc(C)c4C)cc3)cc2)CN(C)C1. The molecule has 1 fully saturated rings. The molecule has 0 aliphatic carbocycles. The van der Waals surface area contributed by atoms with Gasteiger partial charge in [-0.3, -0.25) is 4.79 Å². The summed E-state index contributed by atoms with van der Waals surface area (Å²) in [7, 11) is 2.02. The average Bonchev–Trinajstić information content (AvgIpc) is 3.04. The maximum absolute atomic E-state index is 12.6. The molecule has 0 spiro atoms. The van der Waals surface area contributed by atoms with Crippen LogP contribution in [0.25, 0.3) is 22.5 Å². The van der Waals surface area contributed by atoms with Crippen molar-refractivity contribution in [3.8, 4) is 22.5 Å². The van der Waals surface area contributed by atoms with E-state index in [1.54, 1.807) is 0 Å². The number of likely N-dealkylation sites (N-methyl/N-ethyl adjacent to an activating group) is 1. The molecule has 150 valence electrons. The maximum atomic E-state index is 12.6. The quantitative estimate of drug-likeness (QED) is 0.606. The highest BCUT2D eigenvalue weighted by atomic mass is 16.5. The third-order valence-electron chi connectivity index (χ3n) is 5.82. The van der Waals surface area contributed by atoms with Gasteiger partial charge in [0.15, 0.2) is 5.76 Å². The summed E-state index contributed by atoms with van der Waals surface area (Å²) in [5, 5.41) is 4.04. The number of hydrogen-bond acceptors (Lipinski definition) is 5. The molecule has 4 rings (SSSR count). The van der Waals surface area contributed by atoms with Gasteiger partial charge in [-0.15, -0.1) is 0 Å². The second-order valence-electron chi connectivity index (χ2n) is 7.85. The molecule has 0 unspecified atom stereocenters. The standard InChI is InChI=1S/C24H26N2O3/c1-5-28-23(27)24(14-26(4)15-24)21-12-10-19(11-13-21)18-6-8-20(9-7-18)22-16(2)17(3)25-29-22/h6-13H,5,14-15H2,1-4H3. The van der Waals surface area contributed by atoms with Gasteiger partial charge in [0.05, 0.1) is 12.3 Å². The average molecular weight is 390 g/mol. The Labute approximate surface area is 171 Å². The first kappa shape index (κ1) is 19.4. The number of carbonyl (C=O) groups excluding carboxylic acids is 1. The van der Waals surface area contributed by atoms with E-state index in [-0.39, 0.29) is 5.97 Å². The fourth-order valence-corrected chi connectivity index (χ4v) is 4.05. The Hall–Kier alpha value is -2.92. The summed E-state index contributed by atoms with van der Waals surface area (Å²) in [5.74, 6) is 0.683. The van der Waals surface area contributed by atoms with Crippen molar-refractivity contribution in [2.45, 2.75) is 26.2 Å². The van der Waals surface area contributed by atoms with Gasteiger partial charge in [0.2, 0.25) is 0 Å². The molecule has 1 saturated heterocycles. The number of carbonyl (C=O) groups is 1. The van der Waals surface area contributed by atoms with Crippen LogP contribution in [0.15, 0.2) is 53.1 Å². The zero-order valence-electron chi connectivity index (χ0n) is 17.4. The van der Waals surface area contributed by atoms with E-state index in [1.165, 1.54) is 0 Å². The fraction of sp³-hybridized carbons (Fsp3) is 0.333. The van der Waals surface area contributed by atoms with Gasteiger partial charge in [-0.1, -0.05) is 53.7 Å². The summed E-state index contributed by atoms with van der Waals surface area (Å²) in [6.07, 6.45) is 0. The van der Waals surface area contributed by atoms with Crippen LogP contribution in [-0.4, -0.2) is 42.8 Å². The summed E-state index contributed by atoms with van der Waals surface area (Å²) < 4.78 is 10.8. The maximum Gasteiger partial charge on any atom is 0.319 e. The Bertz CT molecular complexity index is 1010. The second kappa shape index (κ2) is 7.48. The zero-order chi connectivity index (χ0) is 20.6. The molecule has 2 aromatic carbocycles. The van der Waals surface area contributed by atoms with Gasteiger partial charge in [0.25, 0.3) is 0 Å². The lowest BCUT2D eigenvalue weighted by atomic mass is 9.73. The van der Waals surface area contributed by atoms with Crippen LogP contribution in [0.5, 0.6) is 0 Å². The molecule has 5 heteroatoms. The zero-order valence-corrected chi connectivity index (χ0v) is 17.4. The number of nitrogens with zero attached hydrogens (tertiary/aromatic N) is 2. The van der Waals surface area contributed by atoms with Crippen molar-refractivity contribution in [3.63, 3.8) is 0 Å². The van der Waals surface area contributed by atoms with Gasteiger partial charge in [-0.05, 0) is 44.5 Å². The summed E-state index contributed by atoms with van der Waals surface area (Å²) in [6, 6.07) is 16.5. The largest absolute Gasteiger partial charge is 0.465 e. The minimum absolute atomic E-state index is 0.132. The smallest absolute Gasteiger partial charge is 0.319 e. The number of aromatic nitrogens is 1. The lowest BCUT2D eigenvalue weighted by Gasteiger charge is -2.46. The lowest BCUT2D eigenvalue weighted by Crippen LogP contribution is -2.62. The second-order valence-corrected chi connectivity index (χ2v) is 7.85. The van der Waals surface area contributed by atoms with Crippen molar-refractivity contribution in [3.05, 3.63) is 65.4 Å². The molecule has 0 bridgehead atoms. The van der Waals surface area contributed by atoms with E-state index in [0.29, 0.717) is 19.7 Å². The molecule has 0 amide bonds. The van der Waals surface area contributed by atoms with Gasteiger partial charge in [0, 0.05) is 24.2 Å². The predicted octanol–water partition coefficient (Wildman–Crippen LogP) is 4.37. The Balaban J connectivity index is 1.58. The van der Waals surface area contributed by atoms with E-state index in [4.69, 9.17) is 9.26 Å². The first-order valence-corrected chi connectivity index (χ1v) is 9.94. The van der Waals surface area contributed by atoms with Crippen LogP contribution in [-0.2, 0) is 14.9 Å². The molecule has 5 nitrogen and oxygen atoms in total. The van der Waals surface area contributed by atoms with Crippen LogP contribution in [0.3, 0.4) is 0 Å². The number of esters is 1. The third kappa shape index (κ3) is 3.36. The van der Waals surface area contributed by atoms with Crippen molar-refractivity contribution in [2.24, 2.45) is 0 Å². The molecule has 3 aromatic rings. The Morgan fingerprint density at radius 2 is 1.59 bits per heavy atom. The molecule has 1 aliphatic rings. The van der Waals surface area contributed by atoms with Gasteiger partial charge in [-0.2, -0.15) is 0 Å². The summed E-state index contributed by atoms with van der Waals surface area (Å²) in [5.41, 5.74) is 5.69. The van der Waals surface area contributed by atoms with Crippen LogP contribution >= 0.6 is 0 Å². The molecule has 1 aliphatic heterocycles. The summed E-state index contributed by atoms with van der Waals surface area (Å²) in [6.45, 7) is 7.60. The van der Waals surface area contributed by atoms with E-state index in [0.717, 1.165) is 39.3 Å². The number of hydrogen-bond donors (Lipinski definition) is 0. The molecule has 1 aromatic heterocycles. The molecule has 29 heavy (non-hydrogen) atoms. The van der Waals surface area contributed by atoms with E-state index in [9.17, 15) is 4.79 Å². The molecular weight excluding hydrogens is 364 g/mol. The first-order valence-electron chi connectivity index (χ1n) is 9.94. The fourth-order valence-electron chi connectivity index (χ4n) is 4.05.